The highest BCUT2D eigenvalue weighted by molar-refractivity contribution is 6.35. The van der Waals surface area contributed by atoms with E-state index in [4.69, 9.17) is 14.2 Å². The Morgan fingerprint density at radius 3 is 2.86 bits per heavy atom. The van der Waals surface area contributed by atoms with Gasteiger partial charge in [0.2, 0.25) is 6.79 Å². The van der Waals surface area contributed by atoms with Gasteiger partial charge in [0.05, 0.1) is 7.11 Å². The van der Waals surface area contributed by atoms with Gasteiger partial charge in [-0.2, -0.15) is 0 Å². The highest BCUT2D eigenvalue weighted by Gasteiger charge is 2.24. The summed E-state index contributed by atoms with van der Waals surface area (Å²) in [5.74, 6) is 2.01. The van der Waals surface area contributed by atoms with Crippen LogP contribution in [0.15, 0.2) is 36.4 Å². The maximum atomic E-state index is 12.2. The van der Waals surface area contributed by atoms with E-state index in [0.29, 0.717) is 17.1 Å². The monoisotopic (exact) mass is 295 g/mol. The van der Waals surface area contributed by atoms with Crippen molar-refractivity contribution in [2.45, 2.75) is 0 Å². The third-order valence-electron chi connectivity index (χ3n) is 3.72. The van der Waals surface area contributed by atoms with Gasteiger partial charge in [-0.25, -0.2) is 0 Å². The minimum atomic E-state index is -0.124. The van der Waals surface area contributed by atoms with Gasteiger partial charge < -0.3 is 19.5 Å². The highest BCUT2D eigenvalue weighted by Crippen LogP contribution is 2.37. The second-order valence-corrected chi connectivity index (χ2v) is 5.04. The molecule has 0 radical (unpaired) electrons. The number of ether oxygens (including phenoxy) is 3. The van der Waals surface area contributed by atoms with Crippen LogP contribution < -0.4 is 19.5 Å². The molecule has 110 valence electrons. The second-order valence-electron chi connectivity index (χ2n) is 5.04. The van der Waals surface area contributed by atoms with Crippen molar-refractivity contribution in [3.05, 3.63) is 47.5 Å². The van der Waals surface area contributed by atoms with Crippen LogP contribution in [-0.4, -0.2) is 19.8 Å². The topological polar surface area (TPSA) is 56.8 Å². The van der Waals surface area contributed by atoms with Crippen LogP contribution in [0.4, 0.5) is 5.69 Å². The summed E-state index contributed by atoms with van der Waals surface area (Å²) in [4.78, 5) is 12.2. The van der Waals surface area contributed by atoms with Gasteiger partial charge in [-0.15, -0.1) is 0 Å². The lowest BCUT2D eigenvalue weighted by atomic mass is 10.0. The molecule has 5 heteroatoms. The molecule has 4 rings (SSSR count). The Bertz CT molecular complexity index is 810. The zero-order valence-corrected chi connectivity index (χ0v) is 11.9. The average molecular weight is 295 g/mol. The number of benzene rings is 2. The van der Waals surface area contributed by atoms with Crippen molar-refractivity contribution < 1.29 is 19.0 Å². The minimum absolute atomic E-state index is 0.124. The van der Waals surface area contributed by atoms with Crippen molar-refractivity contribution in [2.75, 3.05) is 19.2 Å². The minimum Gasteiger partial charge on any atom is -0.497 e. The Morgan fingerprint density at radius 1 is 1.14 bits per heavy atom. The Labute approximate surface area is 127 Å². The smallest absolute Gasteiger partial charge is 0.256 e. The molecule has 2 aromatic rings. The van der Waals surface area contributed by atoms with Crippen molar-refractivity contribution in [3.63, 3.8) is 0 Å². The molecule has 0 spiro atoms. The molecule has 22 heavy (non-hydrogen) atoms. The lowest BCUT2D eigenvalue weighted by Crippen LogP contribution is -2.03. The second kappa shape index (κ2) is 4.80. The van der Waals surface area contributed by atoms with E-state index in [1.807, 2.05) is 42.5 Å². The lowest BCUT2D eigenvalue weighted by Gasteiger charge is -2.03. The molecule has 1 amide bonds. The third-order valence-corrected chi connectivity index (χ3v) is 3.72. The largest absolute Gasteiger partial charge is 0.497 e. The number of carbonyl (C=O) groups excluding carboxylic acids is 1. The summed E-state index contributed by atoms with van der Waals surface area (Å²) in [6, 6.07) is 11.1. The van der Waals surface area contributed by atoms with Crippen LogP contribution in [0.2, 0.25) is 0 Å². The maximum absolute atomic E-state index is 12.2. The van der Waals surface area contributed by atoms with E-state index in [9.17, 15) is 4.79 Å². The van der Waals surface area contributed by atoms with Gasteiger partial charge in [0.1, 0.15) is 5.75 Å². The molecule has 1 N–H and O–H groups in total. The van der Waals surface area contributed by atoms with Crippen molar-refractivity contribution >= 4 is 23.2 Å². The number of amides is 1. The van der Waals surface area contributed by atoms with E-state index in [1.165, 1.54) is 0 Å². The molecule has 0 saturated heterocycles. The summed E-state index contributed by atoms with van der Waals surface area (Å²) in [7, 11) is 1.60. The molecule has 2 aliphatic rings. The van der Waals surface area contributed by atoms with E-state index >= 15 is 0 Å². The summed E-state index contributed by atoms with van der Waals surface area (Å²) < 4.78 is 15.9. The predicted octanol–water partition coefficient (Wildman–Crippen LogP) is 2.92. The predicted molar refractivity (Wildman–Crippen MR) is 82.1 cm³/mol. The Morgan fingerprint density at radius 2 is 2.00 bits per heavy atom. The van der Waals surface area contributed by atoms with Gasteiger partial charge in [-0.05, 0) is 42.0 Å². The maximum Gasteiger partial charge on any atom is 0.256 e. The summed E-state index contributed by atoms with van der Waals surface area (Å²) >= 11 is 0. The Kier molecular flexibility index (Phi) is 2.79. The molecule has 2 heterocycles. The van der Waals surface area contributed by atoms with E-state index in [1.54, 1.807) is 7.11 Å². The van der Waals surface area contributed by atoms with Crippen LogP contribution in [-0.2, 0) is 4.79 Å². The number of nitrogens with one attached hydrogen (secondary N) is 1. The number of methoxy groups -OCH3 is 1. The quantitative estimate of drug-likeness (QED) is 0.866. The first-order chi connectivity index (χ1) is 10.7. The summed E-state index contributed by atoms with van der Waals surface area (Å²) in [5, 5.41) is 2.85. The normalized spacial score (nSPS) is 16.6. The summed E-state index contributed by atoms with van der Waals surface area (Å²) in [6.45, 7) is 0.232. The van der Waals surface area contributed by atoms with Crippen LogP contribution in [0, 0.1) is 0 Å². The summed E-state index contributed by atoms with van der Waals surface area (Å²) in [5.41, 5.74) is 3.11. The van der Waals surface area contributed by atoms with Crippen LogP contribution in [0.3, 0.4) is 0 Å². The number of hydrogen-bond acceptors (Lipinski definition) is 4. The van der Waals surface area contributed by atoms with Crippen LogP contribution in [0.25, 0.3) is 11.6 Å². The van der Waals surface area contributed by atoms with E-state index in [-0.39, 0.29) is 12.7 Å². The molecular formula is C17H13NO4. The van der Waals surface area contributed by atoms with Crippen LogP contribution in [0.1, 0.15) is 11.1 Å². The van der Waals surface area contributed by atoms with Gasteiger partial charge >= 0.3 is 0 Å². The molecule has 0 saturated carbocycles. The van der Waals surface area contributed by atoms with Crippen molar-refractivity contribution in [2.24, 2.45) is 0 Å². The van der Waals surface area contributed by atoms with Crippen molar-refractivity contribution in [1.29, 1.82) is 0 Å². The Hall–Kier alpha value is -2.95. The standard InChI is InChI=1S/C17H13NO4/c1-20-11-3-4-14-12(8-11)13(17(19)18-14)6-10-2-5-15-16(7-10)22-9-21-15/h2-8H,9H2,1H3,(H,18,19)/b13-6+. The molecular weight excluding hydrogens is 282 g/mol. The summed E-state index contributed by atoms with van der Waals surface area (Å²) in [6.07, 6.45) is 1.84. The molecule has 5 nitrogen and oxygen atoms in total. The van der Waals surface area contributed by atoms with E-state index < -0.39 is 0 Å². The van der Waals surface area contributed by atoms with Crippen LogP contribution >= 0.6 is 0 Å². The number of anilines is 1. The SMILES string of the molecule is COc1ccc2c(c1)/C(=C\c1ccc3c(c1)OCO3)C(=O)N2. The van der Waals surface area contributed by atoms with Crippen molar-refractivity contribution in [3.8, 4) is 17.2 Å². The molecule has 2 aliphatic heterocycles. The van der Waals surface area contributed by atoms with Crippen molar-refractivity contribution in [1.82, 2.24) is 0 Å². The van der Waals surface area contributed by atoms with Gasteiger partial charge in [0.15, 0.2) is 11.5 Å². The first-order valence-electron chi connectivity index (χ1n) is 6.86. The first kappa shape index (κ1) is 12.8. The number of carbonyl (C=O) groups is 1. The molecule has 0 aliphatic carbocycles. The first-order valence-corrected chi connectivity index (χ1v) is 6.86. The third kappa shape index (κ3) is 1.98. The van der Waals surface area contributed by atoms with Gasteiger partial charge in [-0.3, -0.25) is 4.79 Å². The fourth-order valence-corrected chi connectivity index (χ4v) is 2.61. The fourth-order valence-electron chi connectivity index (χ4n) is 2.61. The molecule has 0 bridgehead atoms. The molecule has 2 aromatic carbocycles. The zero-order chi connectivity index (χ0) is 15.1. The van der Waals surface area contributed by atoms with E-state index in [2.05, 4.69) is 5.32 Å². The lowest BCUT2D eigenvalue weighted by molar-refractivity contribution is -0.110. The number of rotatable bonds is 2. The molecule has 0 aromatic heterocycles. The van der Waals surface area contributed by atoms with E-state index in [0.717, 1.165) is 22.6 Å². The fraction of sp³-hybridized carbons (Fsp3) is 0.118. The highest BCUT2D eigenvalue weighted by atomic mass is 16.7. The Balaban J connectivity index is 1.78. The molecule has 0 unspecified atom stereocenters. The number of hydrogen-bond donors (Lipinski definition) is 1. The average Bonchev–Trinajstić information content (AvgIpc) is 3.11. The molecule has 0 fully saturated rings. The van der Waals surface area contributed by atoms with Crippen LogP contribution in [0.5, 0.6) is 17.2 Å². The zero-order valence-electron chi connectivity index (χ0n) is 11.9. The number of fused-ring (bicyclic) bond motifs is 2. The van der Waals surface area contributed by atoms with Gasteiger partial charge in [-0.1, -0.05) is 6.07 Å². The molecule has 0 atom stereocenters. The van der Waals surface area contributed by atoms with Gasteiger partial charge in [0, 0.05) is 16.8 Å². The van der Waals surface area contributed by atoms with Gasteiger partial charge in [0.25, 0.3) is 5.91 Å².